The third kappa shape index (κ3) is 3.49. The summed E-state index contributed by atoms with van der Waals surface area (Å²) in [6.45, 7) is 0. The molecule has 0 aliphatic heterocycles. The molecule has 0 aliphatic carbocycles. The number of carbonyl (C=O) groups is 1. The van der Waals surface area contributed by atoms with Crippen LogP contribution in [0.25, 0.3) is 0 Å². The highest BCUT2D eigenvalue weighted by atomic mass is 35.5. The van der Waals surface area contributed by atoms with Gasteiger partial charge in [0.25, 0.3) is 0 Å². The molecular weight excluding hydrogens is 223 g/mol. The fraction of sp³-hybridized carbons (Fsp3) is 0.300. The van der Waals surface area contributed by atoms with E-state index in [-0.39, 0.29) is 17.0 Å². The van der Waals surface area contributed by atoms with Crippen molar-refractivity contribution in [2.75, 3.05) is 0 Å². The molecule has 0 amide bonds. The third-order valence-corrected chi connectivity index (χ3v) is 2.27. The van der Waals surface area contributed by atoms with Crippen LogP contribution in [0, 0.1) is 5.82 Å². The fourth-order valence-electron chi connectivity index (χ4n) is 1.24. The van der Waals surface area contributed by atoms with Crippen molar-refractivity contribution in [1.29, 1.82) is 0 Å². The largest absolute Gasteiger partial charge is 0.481 e. The van der Waals surface area contributed by atoms with Gasteiger partial charge in [0.1, 0.15) is 5.82 Å². The van der Waals surface area contributed by atoms with Gasteiger partial charge in [0, 0.05) is 17.0 Å². The SMILES string of the molecule is O=C(O)CC(O)Cc1c(F)cccc1Cl. The first-order valence-corrected chi connectivity index (χ1v) is 4.71. The Hall–Kier alpha value is -1.13. The van der Waals surface area contributed by atoms with Gasteiger partial charge in [-0.05, 0) is 12.1 Å². The van der Waals surface area contributed by atoms with Crippen LogP contribution in [0.3, 0.4) is 0 Å². The summed E-state index contributed by atoms with van der Waals surface area (Å²) >= 11 is 5.71. The summed E-state index contributed by atoms with van der Waals surface area (Å²) in [6, 6.07) is 4.16. The van der Waals surface area contributed by atoms with Gasteiger partial charge in [-0.1, -0.05) is 17.7 Å². The van der Waals surface area contributed by atoms with Crippen LogP contribution in [0.15, 0.2) is 18.2 Å². The molecule has 1 aromatic carbocycles. The van der Waals surface area contributed by atoms with Gasteiger partial charge in [0.15, 0.2) is 0 Å². The maximum atomic E-state index is 13.2. The standard InChI is InChI=1S/C10H10ClFO3/c11-8-2-1-3-9(12)7(8)4-6(13)5-10(14)15/h1-3,6,13H,4-5H2,(H,14,15). The van der Waals surface area contributed by atoms with Crippen LogP contribution in [0.5, 0.6) is 0 Å². The second-order valence-corrected chi connectivity index (χ2v) is 3.56. The van der Waals surface area contributed by atoms with Crippen LogP contribution in [0.1, 0.15) is 12.0 Å². The number of hydrogen-bond donors (Lipinski definition) is 2. The zero-order valence-electron chi connectivity index (χ0n) is 7.78. The minimum atomic E-state index is -1.13. The van der Waals surface area contributed by atoms with Crippen LogP contribution in [-0.4, -0.2) is 22.3 Å². The Morgan fingerprint density at radius 3 is 2.73 bits per heavy atom. The Bertz CT molecular complexity index is 347. The number of benzene rings is 1. The predicted molar refractivity (Wildman–Crippen MR) is 53.4 cm³/mol. The highest BCUT2D eigenvalue weighted by Crippen LogP contribution is 2.21. The maximum absolute atomic E-state index is 13.2. The van der Waals surface area contributed by atoms with Gasteiger partial charge in [-0.25, -0.2) is 4.39 Å². The first kappa shape index (κ1) is 11.9. The molecule has 0 radical (unpaired) electrons. The van der Waals surface area contributed by atoms with Crippen molar-refractivity contribution in [1.82, 2.24) is 0 Å². The maximum Gasteiger partial charge on any atom is 0.305 e. The van der Waals surface area contributed by atoms with E-state index in [9.17, 15) is 14.3 Å². The lowest BCUT2D eigenvalue weighted by Gasteiger charge is -2.10. The fourth-order valence-corrected chi connectivity index (χ4v) is 1.48. The van der Waals surface area contributed by atoms with Crippen molar-refractivity contribution in [3.8, 4) is 0 Å². The Kier molecular flexibility index (Phi) is 4.05. The highest BCUT2D eigenvalue weighted by molar-refractivity contribution is 6.31. The molecule has 5 heteroatoms. The molecule has 1 atom stereocenters. The average molecular weight is 233 g/mol. The number of halogens is 2. The molecule has 0 aliphatic rings. The highest BCUT2D eigenvalue weighted by Gasteiger charge is 2.15. The van der Waals surface area contributed by atoms with E-state index < -0.39 is 24.3 Å². The molecule has 0 fully saturated rings. The molecule has 1 rings (SSSR count). The third-order valence-electron chi connectivity index (χ3n) is 1.91. The minimum absolute atomic E-state index is 0.0994. The van der Waals surface area contributed by atoms with Crippen molar-refractivity contribution in [3.05, 3.63) is 34.6 Å². The van der Waals surface area contributed by atoms with Gasteiger partial charge in [0.2, 0.25) is 0 Å². The summed E-state index contributed by atoms with van der Waals surface area (Å²) in [5.74, 6) is -1.66. The summed E-state index contributed by atoms with van der Waals surface area (Å²) in [4.78, 5) is 10.3. The van der Waals surface area contributed by atoms with Gasteiger partial charge >= 0.3 is 5.97 Å². The summed E-state index contributed by atoms with van der Waals surface area (Å²) in [5.41, 5.74) is 0.146. The minimum Gasteiger partial charge on any atom is -0.481 e. The molecule has 0 heterocycles. The lowest BCUT2D eigenvalue weighted by molar-refractivity contribution is -0.139. The quantitative estimate of drug-likeness (QED) is 0.833. The molecule has 82 valence electrons. The summed E-state index contributed by atoms with van der Waals surface area (Å²) < 4.78 is 13.2. The first-order chi connectivity index (χ1) is 7.00. The topological polar surface area (TPSA) is 57.5 Å². The Balaban J connectivity index is 2.76. The van der Waals surface area contributed by atoms with Crippen molar-refractivity contribution < 1.29 is 19.4 Å². The van der Waals surface area contributed by atoms with E-state index in [1.165, 1.54) is 18.2 Å². The number of aliphatic hydroxyl groups is 1. The van der Waals surface area contributed by atoms with Crippen molar-refractivity contribution in [2.24, 2.45) is 0 Å². The smallest absolute Gasteiger partial charge is 0.305 e. The van der Waals surface area contributed by atoms with Crippen LogP contribution in [0.4, 0.5) is 4.39 Å². The predicted octanol–water partition coefficient (Wildman–Crippen LogP) is 1.86. The molecule has 0 bridgehead atoms. The van der Waals surface area contributed by atoms with E-state index in [2.05, 4.69) is 0 Å². The molecule has 1 unspecified atom stereocenters. The zero-order valence-corrected chi connectivity index (χ0v) is 8.54. The summed E-state index contributed by atoms with van der Waals surface area (Å²) in [5, 5.41) is 17.9. The molecule has 0 aromatic heterocycles. The Labute approximate surface area is 91.1 Å². The molecule has 15 heavy (non-hydrogen) atoms. The molecule has 2 N–H and O–H groups in total. The van der Waals surface area contributed by atoms with E-state index in [1.807, 2.05) is 0 Å². The van der Waals surface area contributed by atoms with Gasteiger partial charge in [-0.15, -0.1) is 0 Å². The Morgan fingerprint density at radius 1 is 1.53 bits per heavy atom. The van der Waals surface area contributed by atoms with Gasteiger partial charge < -0.3 is 10.2 Å². The molecular formula is C10H10ClFO3. The lowest BCUT2D eigenvalue weighted by Crippen LogP contribution is -2.16. The van der Waals surface area contributed by atoms with E-state index in [0.717, 1.165) is 0 Å². The molecule has 3 nitrogen and oxygen atoms in total. The van der Waals surface area contributed by atoms with E-state index in [0.29, 0.717) is 0 Å². The van der Waals surface area contributed by atoms with Gasteiger partial charge in [-0.2, -0.15) is 0 Å². The number of aliphatic hydroxyl groups excluding tert-OH is 1. The summed E-state index contributed by atoms with van der Waals surface area (Å²) in [7, 11) is 0. The van der Waals surface area contributed by atoms with E-state index in [4.69, 9.17) is 16.7 Å². The molecule has 0 spiro atoms. The number of aliphatic carboxylic acids is 1. The summed E-state index contributed by atoms with van der Waals surface area (Å²) in [6.07, 6.45) is -1.65. The van der Waals surface area contributed by atoms with Crippen LogP contribution in [-0.2, 0) is 11.2 Å². The molecule has 0 saturated heterocycles. The number of hydrogen-bond acceptors (Lipinski definition) is 2. The van der Waals surface area contributed by atoms with E-state index in [1.54, 1.807) is 0 Å². The second kappa shape index (κ2) is 5.09. The zero-order chi connectivity index (χ0) is 11.4. The van der Waals surface area contributed by atoms with Crippen molar-refractivity contribution in [3.63, 3.8) is 0 Å². The average Bonchev–Trinajstić information content (AvgIpc) is 2.10. The van der Waals surface area contributed by atoms with Crippen molar-refractivity contribution in [2.45, 2.75) is 18.9 Å². The first-order valence-electron chi connectivity index (χ1n) is 4.33. The normalized spacial score (nSPS) is 12.5. The van der Waals surface area contributed by atoms with E-state index >= 15 is 0 Å². The number of carboxylic acid groups (broad SMARTS) is 1. The van der Waals surface area contributed by atoms with Crippen LogP contribution < -0.4 is 0 Å². The lowest BCUT2D eigenvalue weighted by atomic mass is 10.1. The van der Waals surface area contributed by atoms with Crippen LogP contribution >= 0.6 is 11.6 Å². The van der Waals surface area contributed by atoms with Crippen LogP contribution in [0.2, 0.25) is 5.02 Å². The number of rotatable bonds is 4. The Morgan fingerprint density at radius 2 is 2.20 bits per heavy atom. The monoisotopic (exact) mass is 232 g/mol. The molecule has 1 aromatic rings. The van der Waals surface area contributed by atoms with Crippen molar-refractivity contribution >= 4 is 17.6 Å². The second-order valence-electron chi connectivity index (χ2n) is 3.16. The van der Waals surface area contributed by atoms with Gasteiger partial charge in [0.05, 0.1) is 12.5 Å². The number of carboxylic acids is 1. The van der Waals surface area contributed by atoms with Gasteiger partial charge in [-0.3, -0.25) is 4.79 Å². The molecule has 0 saturated carbocycles.